The summed E-state index contributed by atoms with van der Waals surface area (Å²) < 4.78 is 61.2. The molecule has 0 unspecified atom stereocenters. The molecule has 0 aromatic heterocycles. The lowest BCUT2D eigenvalue weighted by Gasteiger charge is -2.31. The number of amides is 1. The van der Waals surface area contributed by atoms with Crippen LogP contribution in [-0.2, 0) is 23.0 Å². The van der Waals surface area contributed by atoms with E-state index in [9.17, 15) is 26.4 Å². The molecule has 0 radical (unpaired) electrons. The normalized spacial score (nSPS) is 14.5. The minimum atomic E-state index is -5.47. The Labute approximate surface area is 167 Å². The van der Waals surface area contributed by atoms with Crippen LogP contribution in [0.15, 0.2) is 42.5 Å². The van der Waals surface area contributed by atoms with Gasteiger partial charge in [0.25, 0.3) is 5.91 Å². The molecule has 0 fully saturated rings. The summed E-state index contributed by atoms with van der Waals surface area (Å²) in [6.07, 6.45) is 0.701. The zero-order valence-electron chi connectivity index (χ0n) is 15.8. The number of hydrogen-bond acceptors (Lipinski definition) is 4. The molecule has 1 aliphatic heterocycles. The van der Waals surface area contributed by atoms with Gasteiger partial charge in [-0.1, -0.05) is 24.3 Å². The molecule has 0 atom stereocenters. The minimum Gasteiger partial charge on any atom is -0.377 e. The third kappa shape index (κ3) is 4.31. The molecule has 0 bridgehead atoms. The van der Waals surface area contributed by atoms with Crippen LogP contribution in [-0.4, -0.2) is 45.4 Å². The summed E-state index contributed by atoms with van der Waals surface area (Å²) in [5.41, 5.74) is -2.44. The SMILES string of the molecule is CN(C)c1cccc2c1C(=O)N(Cc1ccc(NS(=O)(=O)C(F)(F)F)cc1)CC2. The van der Waals surface area contributed by atoms with Crippen LogP contribution in [0.2, 0.25) is 0 Å². The number of nitrogens with one attached hydrogen (secondary N) is 1. The number of sulfonamides is 1. The van der Waals surface area contributed by atoms with E-state index in [4.69, 9.17) is 0 Å². The van der Waals surface area contributed by atoms with E-state index in [0.29, 0.717) is 24.1 Å². The Morgan fingerprint density at radius 2 is 1.76 bits per heavy atom. The summed E-state index contributed by atoms with van der Waals surface area (Å²) in [6, 6.07) is 11.2. The van der Waals surface area contributed by atoms with Crippen LogP contribution in [0.4, 0.5) is 24.5 Å². The van der Waals surface area contributed by atoms with Crippen molar-refractivity contribution < 1.29 is 26.4 Å². The first-order valence-electron chi connectivity index (χ1n) is 8.76. The molecule has 0 aliphatic carbocycles. The van der Waals surface area contributed by atoms with Crippen LogP contribution in [0.3, 0.4) is 0 Å². The molecular formula is C19H20F3N3O3S. The summed E-state index contributed by atoms with van der Waals surface area (Å²) in [6.45, 7) is 0.789. The summed E-state index contributed by atoms with van der Waals surface area (Å²) >= 11 is 0. The van der Waals surface area contributed by atoms with Gasteiger partial charge >= 0.3 is 15.5 Å². The van der Waals surface area contributed by atoms with Crippen LogP contribution < -0.4 is 9.62 Å². The quantitative estimate of drug-likeness (QED) is 0.796. The van der Waals surface area contributed by atoms with Crippen molar-refractivity contribution in [1.82, 2.24) is 4.90 Å². The van der Waals surface area contributed by atoms with Crippen molar-refractivity contribution in [3.05, 3.63) is 59.2 Å². The summed E-state index contributed by atoms with van der Waals surface area (Å²) in [5.74, 6) is -0.114. The van der Waals surface area contributed by atoms with Gasteiger partial charge in [0.1, 0.15) is 0 Å². The van der Waals surface area contributed by atoms with Crippen molar-refractivity contribution in [2.75, 3.05) is 30.3 Å². The van der Waals surface area contributed by atoms with Crippen molar-refractivity contribution in [1.29, 1.82) is 0 Å². The molecule has 6 nitrogen and oxygen atoms in total. The number of benzene rings is 2. The van der Waals surface area contributed by atoms with Gasteiger partial charge in [-0.3, -0.25) is 9.52 Å². The fourth-order valence-electron chi connectivity index (χ4n) is 3.19. The maximum absolute atomic E-state index is 13.0. The predicted octanol–water partition coefficient (Wildman–Crippen LogP) is 3.21. The molecule has 1 N–H and O–H groups in total. The van der Waals surface area contributed by atoms with E-state index >= 15 is 0 Å². The van der Waals surface area contributed by atoms with Crippen LogP contribution in [0.1, 0.15) is 21.5 Å². The Balaban J connectivity index is 1.76. The van der Waals surface area contributed by atoms with Gasteiger partial charge < -0.3 is 9.80 Å². The summed E-state index contributed by atoms with van der Waals surface area (Å²) in [5, 5.41) is 0. The number of hydrogen-bond donors (Lipinski definition) is 1. The number of anilines is 2. The fourth-order valence-corrected chi connectivity index (χ4v) is 3.75. The number of halogens is 3. The Morgan fingerprint density at radius 3 is 2.34 bits per heavy atom. The van der Waals surface area contributed by atoms with Crippen LogP contribution in [0.25, 0.3) is 0 Å². The largest absolute Gasteiger partial charge is 0.516 e. The third-order valence-electron chi connectivity index (χ3n) is 4.65. The molecule has 3 rings (SSSR count). The first kappa shape index (κ1) is 21.0. The maximum Gasteiger partial charge on any atom is 0.516 e. The summed E-state index contributed by atoms with van der Waals surface area (Å²) in [4.78, 5) is 16.5. The summed E-state index contributed by atoms with van der Waals surface area (Å²) in [7, 11) is -1.74. The zero-order chi connectivity index (χ0) is 21.4. The predicted molar refractivity (Wildman–Crippen MR) is 104 cm³/mol. The first-order valence-corrected chi connectivity index (χ1v) is 10.2. The molecule has 2 aromatic carbocycles. The number of carbonyl (C=O) groups excluding carboxylic acids is 1. The maximum atomic E-state index is 13.0. The molecule has 1 heterocycles. The van der Waals surface area contributed by atoms with Crippen LogP contribution in [0, 0.1) is 0 Å². The van der Waals surface area contributed by atoms with Gasteiger partial charge in [-0.05, 0) is 35.7 Å². The van der Waals surface area contributed by atoms with E-state index in [1.54, 1.807) is 4.90 Å². The van der Waals surface area contributed by atoms with Crippen LogP contribution in [0.5, 0.6) is 0 Å². The smallest absolute Gasteiger partial charge is 0.377 e. The number of nitrogens with zero attached hydrogens (tertiary/aromatic N) is 2. The van der Waals surface area contributed by atoms with Gasteiger partial charge in [-0.2, -0.15) is 21.6 Å². The molecule has 156 valence electrons. The van der Waals surface area contributed by atoms with E-state index in [0.717, 1.165) is 11.3 Å². The lowest BCUT2D eigenvalue weighted by molar-refractivity contribution is -0.0429. The zero-order valence-corrected chi connectivity index (χ0v) is 16.6. The average Bonchev–Trinajstić information content (AvgIpc) is 2.64. The molecule has 0 spiro atoms. The minimum absolute atomic E-state index is 0.114. The van der Waals surface area contributed by atoms with Gasteiger partial charge in [-0.25, -0.2) is 0 Å². The second-order valence-corrected chi connectivity index (χ2v) is 8.60. The first-order chi connectivity index (χ1) is 13.5. The number of carbonyl (C=O) groups is 1. The Kier molecular flexibility index (Phi) is 5.48. The van der Waals surface area contributed by atoms with E-state index in [2.05, 4.69) is 0 Å². The highest BCUT2D eigenvalue weighted by atomic mass is 32.2. The molecule has 29 heavy (non-hydrogen) atoms. The molecular weight excluding hydrogens is 407 g/mol. The van der Waals surface area contributed by atoms with Gasteiger partial charge in [0.15, 0.2) is 0 Å². The lowest BCUT2D eigenvalue weighted by Crippen LogP contribution is -2.38. The molecule has 0 saturated heterocycles. The van der Waals surface area contributed by atoms with Gasteiger partial charge in [0.05, 0.1) is 5.56 Å². The lowest BCUT2D eigenvalue weighted by atomic mass is 9.96. The second-order valence-electron chi connectivity index (χ2n) is 6.93. The molecule has 0 saturated carbocycles. The molecule has 1 aliphatic rings. The van der Waals surface area contributed by atoms with Crippen molar-refractivity contribution in [2.24, 2.45) is 0 Å². The monoisotopic (exact) mass is 427 g/mol. The van der Waals surface area contributed by atoms with Crippen LogP contribution >= 0.6 is 0 Å². The van der Waals surface area contributed by atoms with E-state index < -0.39 is 15.5 Å². The van der Waals surface area contributed by atoms with E-state index in [1.165, 1.54) is 29.0 Å². The topological polar surface area (TPSA) is 69.7 Å². The van der Waals surface area contributed by atoms with Crippen molar-refractivity contribution in [2.45, 2.75) is 18.5 Å². The van der Waals surface area contributed by atoms with Gasteiger partial charge in [0, 0.05) is 38.6 Å². The highest BCUT2D eigenvalue weighted by Crippen LogP contribution is 2.29. The highest BCUT2D eigenvalue weighted by Gasteiger charge is 2.46. The molecule has 10 heteroatoms. The average molecular weight is 427 g/mol. The van der Waals surface area contributed by atoms with E-state index in [1.807, 2.05) is 37.2 Å². The Bertz CT molecular complexity index is 1020. The van der Waals surface area contributed by atoms with Gasteiger partial charge in [0.2, 0.25) is 0 Å². The van der Waals surface area contributed by atoms with Crippen molar-refractivity contribution >= 4 is 27.3 Å². The number of fused-ring (bicyclic) bond motifs is 1. The standard InChI is InChI=1S/C19H20F3N3O3S/c1-24(2)16-5-3-4-14-10-11-25(18(26)17(14)16)12-13-6-8-15(9-7-13)23-29(27,28)19(20,21)22/h3-9,23H,10-12H2,1-2H3. The second kappa shape index (κ2) is 7.58. The molecule has 1 amide bonds. The fraction of sp³-hybridized carbons (Fsp3) is 0.316. The third-order valence-corrected chi connectivity index (χ3v) is 5.76. The molecule has 2 aromatic rings. The number of rotatable bonds is 5. The van der Waals surface area contributed by atoms with Crippen molar-refractivity contribution in [3.8, 4) is 0 Å². The van der Waals surface area contributed by atoms with Crippen molar-refractivity contribution in [3.63, 3.8) is 0 Å². The van der Waals surface area contributed by atoms with Gasteiger partial charge in [-0.15, -0.1) is 0 Å². The highest BCUT2D eigenvalue weighted by molar-refractivity contribution is 7.93. The Hall–Kier alpha value is -2.75. The Morgan fingerprint density at radius 1 is 1.10 bits per heavy atom. The van der Waals surface area contributed by atoms with E-state index in [-0.39, 0.29) is 18.1 Å². The number of alkyl halides is 3.